The summed E-state index contributed by atoms with van der Waals surface area (Å²) in [7, 11) is -3.39. The Hall–Kier alpha value is -0.870. The van der Waals surface area contributed by atoms with Gasteiger partial charge in [0.2, 0.25) is 10.0 Å². The van der Waals surface area contributed by atoms with Gasteiger partial charge in [-0.1, -0.05) is 32.9 Å². The van der Waals surface area contributed by atoms with Crippen LogP contribution in [0.2, 0.25) is 0 Å². The summed E-state index contributed by atoms with van der Waals surface area (Å²) < 4.78 is 27.7. The lowest BCUT2D eigenvalue weighted by Gasteiger charge is -2.22. The van der Waals surface area contributed by atoms with E-state index in [1.54, 1.807) is 0 Å². The van der Waals surface area contributed by atoms with Gasteiger partial charge in [-0.05, 0) is 54.7 Å². The highest BCUT2D eigenvalue weighted by molar-refractivity contribution is 7.89. The first-order chi connectivity index (χ1) is 9.11. The van der Waals surface area contributed by atoms with Crippen molar-refractivity contribution in [3.8, 4) is 0 Å². The molecule has 0 amide bonds. The van der Waals surface area contributed by atoms with Crippen molar-refractivity contribution in [1.82, 2.24) is 4.72 Å². The van der Waals surface area contributed by atoms with Crippen LogP contribution in [-0.2, 0) is 15.4 Å². The van der Waals surface area contributed by atoms with Crippen LogP contribution in [0.1, 0.15) is 50.3 Å². The summed E-state index contributed by atoms with van der Waals surface area (Å²) in [5, 5.41) is 0. The van der Waals surface area contributed by atoms with Crippen molar-refractivity contribution in [2.24, 2.45) is 5.92 Å². The van der Waals surface area contributed by atoms with Gasteiger partial charge in [-0.25, -0.2) is 13.1 Å². The van der Waals surface area contributed by atoms with E-state index in [9.17, 15) is 8.42 Å². The summed E-state index contributed by atoms with van der Waals surface area (Å²) in [4.78, 5) is 0.450. The molecule has 20 heavy (non-hydrogen) atoms. The molecule has 3 nitrogen and oxygen atoms in total. The van der Waals surface area contributed by atoms with Gasteiger partial charge in [0.15, 0.2) is 0 Å². The summed E-state index contributed by atoms with van der Waals surface area (Å²) in [5.41, 5.74) is 2.87. The molecule has 0 radical (unpaired) electrons. The maximum atomic E-state index is 12.5. The second-order valence-corrected chi connectivity index (χ2v) is 8.69. The Morgan fingerprint density at radius 3 is 2.05 bits per heavy atom. The molecule has 1 aromatic carbocycles. The first kappa shape index (κ1) is 15.5. The number of rotatable bonds is 4. The molecule has 0 unspecified atom stereocenters. The van der Waals surface area contributed by atoms with Gasteiger partial charge in [-0.2, -0.15) is 0 Å². The van der Waals surface area contributed by atoms with Crippen LogP contribution in [0, 0.1) is 19.8 Å². The Bertz CT molecular complexity index is 585. The van der Waals surface area contributed by atoms with Crippen molar-refractivity contribution in [2.75, 3.05) is 6.54 Å². The van der Waals surface area contributed by atoms with Gasteiger partial charge in [-0.3, -0.25) is 0 Å². The van der Waals surface area contributed by atoms with Gasteiger partial charge in [0, 0.05) is 6.54 Å². The first-order valence-electron chi connectivity index (χ1n) is 7.22. The molecule has 4 heteroatoms. The van der Waals surface area contributed by atoms with Gasteiger partial charge in [0.25, 0.3) is 0 Å². The topological polar surface area (TPSA) is 46.2 Å². The Labute approximate surface area is 122 Å². The van der Waals surface area contributed by atoms with E-state index in [4.69, 9.17) is 0 Å². The molecule has 1 aromatic rings. The monoisotopic (exact) mass is 295 g/mol. The van der Waals surface area contributed by atoms with Gasteiger partial charge in [0.1, 0.15) is 0 Å². The van der Waals surface area contributed by atoms with Crippen LogP contribution in [0.15, 0.2) is 17.0 Å². The summed E-state index contributed by atoms with van der Waals surface area (Å²) in [6.45, 7) is 10.8. The van der Waals surface area contributed by atoms with Crippen LogP contribution in [0.4, 0.5) is 0 Å². The van der Waals surface area contributed by atoms with Gasteiger partial charge < -0.3 is 0 Å². The van der Waals surface area contributed by atoms with E-state index in [0.717, 1.165) is 24.0 Å². The van der Waals surface area contributed by atoms with E-state index in [1.807, 2.05) is 26.0 Å². The van der Waals surface area contributed by atoms with E-state index in [1.165, 1.54) is 5.56 Å². The second-order valence-electron chi connectivity index (χ2n) is 6.98. The highest BCUT2D eigenvalue weighted by atomic mass is 32.2. The fraction of sp³-hybridized carbons (Fsp3) is 0.625. The fourth-order valence-corrected chi connectivity index (χ4v) is 3.99. The van der Waals surface area contributed by atoms with Crippen molar-refractivity contribution in [3.63, 3.8) is 0 Å². The minimum Gasteiger partial charge on any atom is -0.211 e. The number of aryl methyl sites for hydroxylation is 2. The molecule has 1 aliphatic carbocycles. The largest absolute Gasteiger partial charge is 0.241 e. The molecule has 112 valence electrons. The Morgan fingerprint density at radius 2 is 1.65 bits per heavy atom. The van der Waals surface area contributed by atoms with Crippen LogP contribution < -0.4 is 4.72 Å². The predicted molar refractivity (Wildman–Crippen MR) is 82.5 cm³/mol. The Kier molecular flexibility index (Phi) is 4.00. The molecule has 0 saturated heterocycles. The minimum atomic E-state index is -3.39. The summed E-state index contributed by atoms with van der Waals surface area (Å²) in [5.74, 6) is 0.541. The highest BCUT2D eigenvalue weighted by Gasteiger charge is 2.27. The smallest absolute Gasteiger partial charge is 0.211 e. The molecule has 2 rings (SSSR count). The molecular weight excluding hydrogens is 270 g/mol. The lowest BCUT2D eigenvalue weighted by atomic mass is 9.85. The highest BCUT2D eigenvalue weighted by Crippen LogP contribution is 2.31. The van der Waals surface area contributed by atoms with Gasteiger partial charge in [-0.15, -0.1) is 0 Å². The molecule has 1 fully saturated rings. The van der Waals surface area contributed by atoms with Crippen LogP contribution in [0.25, 0.3) is 0 Å². The van der Waals surface area contributed by atoms with Crippen LogP contribution in [0.3, 0.4) is 0 Å². The Morgan fingerprint density at radius 1 is 1.15 bits per heavy atom. The first-order valence-corrected chi connectivity index (χ1v) is 8.71. The van der Waals surface area contributed by atoms with E-state index in [2.05, 4.69) is 25.5 Å². The van der Waals surface area contributed by atoms with E-state index >= 15 is 0 Å². The zero-order valence-electron chi connectivity index (χ0n) is 13.1. The van der Waals surface area contributed by atoms with Gasteiger partial charge in [0.05, 0.1) is 4.90 Å². The second kappa shape index (κ2) is 5.15. The predicted octanol–water partition coefficient (Wildman–Crippen LogP) is 3.29. The van der Waals surface area contributed by atoms with Crippen molar-refractivity contribution < 1.29 is 8.42 Å². The van der Waals surface area contributed by atoms with E-state index < -0.39 is 10.0 Å². The maximum Gasteiger partial charge on any atom is 0.241 e. The third kappa shape index (κ3) is 3.41. The molecular formula is C16H25NO2S. The van der Waals surface area contributed by atoms with Crippen LogP contribution in [0.5, 0.6) is 0 Å². The SMILES string of the molecule is Cc1cc(C(C)(C)C)cc(C)c1S(=O)(=O)NCC1CC1. The molecule has 1 N–H and O–H groups in total. The lowest BCUT2D eigenvalue weighted by molar-refractivity contribution is 0.573. The van der Waals surface area contributed by atoms with E-state index in [0.29, 0.717) is 17.4 Å². The average Bonchev–Trinajstić information content (AvgIpc) is 3.07. The van der Waals surface area contributed by atoms with Crippen LogP contribution in [-0.4, -0.2) is 15.0 Å². The van der Waals surface area contributed by atoms with Crippen molar-refractivity contribution >= 4 is 10.0 Å². The zero-order valence-corrected chi connectivity index (χ0v) is 13.9. The standard InChI is InChI=1S/C16H25NO2S/c1-11-8-14(16(3,4)5)9-12(2)15(11)20(18,19)17-10-13-6-7-13/h8-9,13,17H,6-7,10H2,1-5H3. The third-order valence-corrected chi connectivity index (χ3v) is 5.58. The fourth-order valence-electron chi connectivity index (χ4n) is 2.43. The molecule has 1 aliphatic rings. The molecule has 0 spiro atoms. The number of hydrogen-bond donors (Lipinski definition) is 1. The Balaban J connectivity index is 2.36. The summed E-state index contributed by atoms with van der Waals surface area (Å²) in [6.07, 6.45) is 2.28. The normalized spacial score (nSPS) is 16.4. The number of sulfonamides is 1. The minimum absolute atomic E-state index is 0.0270. The average molecular weight is 295 g/mol. The molecule has 0 aliphatic heterocycles. The van der Waals surface area contributed by atoms with Crippen molar-refractivity contribution in [1.29, 1.82) is 0 Å². The number of hydrogen-bond acceptors (Lipinski definition) is 2. The van der Waals surface area contributed by atoms with Crippen LogP contribution >= 0.6 is 0 Å². The zero-order chi connectivity index (χ0) is 15.1. The molecule has 0 atom stereocenters. The lowest BCUT2D eigenvalue weighted by Crippen LogP contribution is -2.27. The van der Waals surface area contributed by atoms with Crippen molar-refractivity contribution in [3.05, 3.63) is 28.8 Å². The third-order valence-electron chi connectivity index (χ3n) is 3.85. The molecule has 0 bridgehead atoms. The van der Waals surface area contributed by atoms with Gasteiger partial charge >= 0.3 is 0 Å². The summed E-state index contributed by atoms with van der Waals surface area (Å²) >= 11 is 0. The summed E-state index contributed by atoms with van der Waals surface area (Å²) in [6, 6.07) is 4.00. The number of benzene rings is 1. The van der Waals surface area contributed by atoms with E-state index in [-0.39, 0.29) is 5.41 Å². The molecule has 0 heterocycles. The molecule has 0 aromatic heterocycles. The quantitative estimate of drug-likeness (QED) is 0.926. The number of nitrogens with one attached hydrogen (secondary N) is 1. The maximum absolute atomic E-state index is 12.5. The van der Waals surface area contributed by atoms with Crippen molar-refractivity contribution in [2.45, 2.75) is 57.8 Å². The molecule has 1 saturated carbocycles.